The summed E-state index contributed by atoms with van der Waals surface area (Å²) in [5.74, 6) is -0.543. The topological polar surface area (TPSA) is 152 Å². The molecule has 1 aromatic rings. The van der Waals surface area contributed by atoms with Crippen molar-refractivity contribution in [1.82, 2.24) is 14.9 Å². The monoisotopic (exact) mass is 370 g/mol. The smallest absolute Gasteiger partial charge is 0.351 e. The second-order valence-electron chi connectivity index (χ2n) is 5.68. The summed E-state index contributed by atoms with van der Waals surface area (Å²) < 4.78 is 12.1. The van der Waals surface area contributed by atoms with Crippen LogP contribution in [0.4, 0.5) is 5.82 Å². The Labute approximate surface area is 148 Å². The van der Waals surface area contributed by atoms with Crippen LogP contribution in [0.5, 0.6) is 0 Å². The maximum absolute atomic E-state index is 12.2. The Kier molecular flexibility index (Phi) is 6.80. The van der Waals surface area contributed by atoms with Crippen LogP contribution in [-0.4, -0.2) is 70.2 Å². The zero-order valence-electron chi connectivity index (χ0n) is 14.4. The number of carbonyl (C=O) groups is 2. The van der Waals surface area contributed by atoms with Gasteiger partial charge in [0.05, 0.1) is 13.2 Å². The number of nitrogens with zero attached hydrogens (tertiary/aromatic N) is 2. The van der Waals surface area contributed by atoms with E-state index >= 15 is 0 Å². The van der Waals surface area contributed by atoms with Crippen LogP contribution in [0.1, 0.15) is 19.6 Å². The predicted molar refractivity (Wildman–Crippen MR) is 88.2 cm³/mol. The van der Waals surface area contributed by atoms with Crippen LogP contribution in [-0.2, 0) is 19.1 Å². The van der Waals surface area contributed by atoms with Crippen molar-refractivity contribution < 1.29 is 29.3 Å². The SMILES string of the molecule is CNC(=O)CCOC1[C@@H](O)[C@@H](CO)O[C@H]1n1ccc(NC(C)=O)nc1=O. The molecule has 4 atom stereocenters. The van der Waals surface area contributed by atoms with Crippen LogP contribution in [0.3, 0.4) is 0 Å². The molecule has 0 aliphatic carbocycles. The van der Waals surface area contributed by atoms with E-state index in [0.29, 0.717) is 0 Å². The molecule has 144 valence electrons. The second-order valence-corrected chi connectivity index (χ2v) is 5.68. The molecule has 1 fully saturated rings. The van der Waals surface area contributed by atoms with Gasteiger partial charge in [-0.05, 0) is 6.07 Å². The van der Waals surface area contributed by atoms with Crippen LogP contribution >= 0.6 is 0 Å². The number of anilines is 1. The highest BCUT2D eigenvalue weighted by atomic mass is 16.6. The van der Waals surface area contributed by atoms with Crippen molar-refractivity contribution in [1.29, 1.82) is 0 Å². The molecule has 1 aliphatic heterocycles. The van der Waals surface area contributed by atoms with Gasteiger partial charge in [0.25, 0.3) is 0 Å². The maximum Gasteiger partial charge on any atom is 0.351 e. The van der Waals surface area contributed by atoms with Crippen molar-refractivity contribution >= 4 is 17.6 Å². The highest BCUT2D eigenvalue weighted by Gasteiger charge is 2.45. The zero-order valence-corrected chi connectivity index (χ0v) is 14.4. The fourth-order valence-electron chi connectivity index (χ4n) is 2.54. The summed E-state index contributed by atoms with van der Waals surface area (Å²) in [4.78, 5) is 38.3. The Hall–Kier alpha value is -2.34. The first-order valence-electron chi connectivity index (χ1n) is 8.00. The molecule has 2 amide bonds. The standard InChI is InChI=1S/C15H22N4O7/c1-8(21)17-10-3-5-19(15(24)18-10)14-13(12(23)9(7-20)26-14)25-6-4-11(22)16-2/h3,5,9,12-14,20,23H,4,6-7H2,1-2H3,(H,16,22)(H,17,18,21,24)/t9-,12+,13?,14-/m1/s1. The summed E-state index contributed by atoms with van der Waals surface area (Å²) in [5, 5.41) is 24.4. The van der Waals surface area contributed by atoms with E-state index < -0.39 is 36.8 Å². The molecular weight excluding hydrogens is 348 g/mol. The zero-order chi connectivity index (χ0) is 19.3. The molecule has 11 nitrogen and oxygen atoms in total. The molecule has 1 saturated heterocycles. The van der Waals surface area contributed by atoms with Gasteiger partial charge in [0, 0.05) is 26.6 Å². The Morgan fingerprint density at radius 2 is 2.19 bits per heavy atom. The van der Waals surface area contributed by atoms with E-state index in [2.05, 4.69) is 15.6 Å². The van der Waals surface area contributed by atoms with Crippen molar-refractivity contribution in [2.45, 2.75) is 37.9 Å². The highest BCUT2D eigenvalue weighted by Crippen LogP contribution is 2.30. The molecule has 0 aromatic carbocycles. The number of hydrogen-bond acceptors (Lipinski definition) is 8. The fourth-order valence-corrected chi connectivity index (χ4v) is 2.54. The van der Waals surface area contributed by atoms with E-state index in [4.69, 9.17) is 9.47 Å². The lowest BCUT2D eigenvalue weighted by Gasteiger charge is -2.22. The minimum atomic E-state index is -1.20. The van der Waals surface area contributed by atoms with E-state index in [9.17, 15) is 24.6 Å². The third kappa shape index (κ3) is 4.64. The maximum atomic E-state index is 12.2. The minimum absolute atomic E-state index is 0.00837. The molecule has 11 heteroatoms. The number of amides is 2. The van der Waals surface area contributed by atoms with Gasteiger partial charge in [0.2, 0.25) is 11.8 Å². The van der Waals surface area contributed by atoms with Gasteiger partial charge in [-0.3, -0.25) is 14.2 Å². The number of hydrogen-bond donors (Lipinski definition) is 4. The number of aliphatic hydroxyl groups excluding tert-OH is 2. The van der Waals surface area contributed by atoms with Gasteiger partial charge >= 0.3 is 5.69 Å². The summed E-state index contributed by atoms with van der Waals surface area (Å²) >= 11 is 0. The van der Waals surface area contributed by atoms with Gasteiger partial charge in [0.15, 0.2) is 6.23 Å². The first-order valence-corrected chi connectivity index (χ1v) is 8.00. The lowest BCUT2D eigenvalue weighted by atomic mass is 10.1. The van der Waals surface area contributed by atoms with Gasteiger partial charge in [-0.25, -0.2) is 4.79 Å². The average Bonchev–Trinajstić information content (AvgIpc) is 2.90. The lowest BCUT2D eigenvalue weighted by Crippen LogP contribution is -2.38. The van der Waals surface area contributed by atoms with Crippen molar-refractivity contribution in [2.24, 2.45) is 0 Å². The van der Waals surface area contributed by atoms with E-state index in [1.807, 2.05) is 0 Å². The molecule has 2 rings (SSSR count). The Bertz CT molecular complexity index is 707. The molecule has 26 heavy (non-hydrogen) atoms. The number of rotatable bonds is 7. The van der Waals surface area contributed by atoms with Crippen LogP contribution in [0.2, 0.25) is 0 Å². The average molecular weight is 370 g/mol. The van der Waals surface area contributed by atoms with Crippen LogP contribution in [0, 0.1) is 0 Å². The summed E-state index contributed by atoms with van der Waals surface area (Å²) in [6.45, 7) is 0.802. The van der Waals surface area contributed by atoms with Crippen LogP contribution in [0.25, 0.3) is 0 Å². The number of nitrogens with one attached hydrogen (secondary N) is 2. The van der Waals surface area contributed by atoms with Crippen molar-refractivity contribution in [3.8, 4) is 0 Å². The highest BCUT2D eigenvalue weighted by molar-refractivity contribution is 5.87. The van der Waals surface area contributed by atoms with Crippen LogP contribution in [0.15, 0.2) is 17.1 Å². The molecule has 1 aromatic heterocycles. The Morgan fingerprint density at radius 3 is 2.77 bits per heavy atom. The third-order valence-electron chi connectivity index (χ3n) is 3.82. The predicted octanol–water partition coefficient (Wildman–Crippen LogP) is -2.03. The molecule has 0 saturated carbocycles. The molecule has 0 bridgehead atoms. The molecular formula is C15H22N4O7. The normalized spacial score (nSPS) is 25.1. The summed E-state index contributed by atoms with van der Waals surface area (Å²) in [7, 11) is 1.49. The van der Waals surface area contributed by atoms with Gasteiger partial charge in [-0.15, -0.1) is 0 Å². The van der Waals surface area contributed by atoms with Gasteiger partial charge in [0.1, 0.15) is 24.1 Å². The van der Waals surface area contributed by atoms with Gasteiger partial charge in [-0.1, -0.05) is 0 Å². The molecule has 0 radical (unpaired) electrons. The minimum Gasteiger partial charge on any atom is -0.394 e. The Balaban J connectivity index is 2.19. The quantitative estimate of drug-likeness (QED) is 0.429. The van der Waals surface area contributed by atoms with Gasteiger partial charge < -0.3 is 30.3 Å². The van der Waals surface area contributed by atoms with E-state index in [0.717, 1.165) is 4.57 Å². The Morgan fingerprint density at radius 1 is 1.46 bits per heavy atom. The molecule has 1 unspecified atom stereocenters. The first kappa shape index (κ1) is 20.0. The second kappa shape index (κ2) is 8.85. The molecule has 2 heterocycles. The number of aromatic nitrogens is 2. The lowest BCUT2D eigenvalue weighted by molar-refractivity contribution is -0.124. The molecule has 0 spiro atoms. The van der Waals surface area contributed by atoms with E-state index in [-0.39, 0.29) is 30.7 Å². The van der Waals surface area contributed by atoms with Crippen molar-refractivity contribution in [3.05, 3.63) is 22.7 Å². The van der Waals surface area contributed by atoms with Crippen molar-refractivity contribution in [3.63, 3.8) is 0 Å². The third-order valence-corrected chi connectivity index (χ3v) is 3.82. The van der Waals surface area contributed by atoms with Crippen LogP contribution < -0.4 is 16.3 Å². The largest absolute Gasteiger partial charge is 0.394 e. The van der Waals surface area contributed by atoms with E-state index in [1.54, 1.807) is 0 Å². The number of aliphatic hydroxyl groups is 2. The first-order chi connectivity index (χ1) is 12.4. The van der Waals surface area contributed by atoms with E-state index in [1.165, 1.54) is 26.2 Å². The summed E-state index contributed by atoms with van der Waals surface area (Å²) in [6, 6.07) is 1.40. The fraction of sp³-hybridized carbons (Fsp3) is 0.600. The number of carbonyl (C=O) groups excluding carboxylic acids is 2. The summed E-state index contributed by atoms with van der Waals surface area (Å²) in [5.41, 5.74) is -0.730. The summed E-state index contributed by atoms with van der Waals surface area (Å²) in [6.07, 6.45) is -2.78. The van der Waals surface area contributed by atoms with Gasteiger partial charge in [-0.2, -0.15) is 4.98 Å². The van der Waals surface area contributed by atoms with Crippen molar-refractivity contribution in [2.75, 3.05) is 25.6 Å². The molecule has 4 N–H and O–H groups in total. The molecule has 1 aliphatic rings. The number of ether oxygens (including phenoxy) is 2.